The Bertz CT molecular complexity index is 1090. The number of benzene rings is 2. The van der Waals surface area contributed by atoms with E-state index in [-0.39, 0.29) is 42.1 Å². The highest BCUT2D eigenvalue weighted by atomic mass is 35.5. The number of amides is 2. The number of esters is 1. The lowest BCUT2D eigenvalue weighted by molar-refractivity contribution is -0.123. The fourth-order valence-corrected chi connectivity index (χ4v) is 5.35. The van der Waals surface area contributed by atoms with E-state index >= 15 is 0 Å². The summed E-state index contributed by atoms with van der Waals surface area (Å²) in [5.74, 6) is -0.859. The Morgan fingerprint density at radius 2 is 1.83 bits per heavy atom. The van der Waals surface area contributed by atoms with E-state index in [1.807, 2.05) is 13.0 Å². The number of ether oxygens (including phenoxy) is 1. The second kappa shape index (κ2) is 7.10. The molecule has 0 aromatic heterocycles. The first kappa shape index (κ1) is 19.1. The molecule has 152 valence electrons. The molecule has 0 unspecified atom stereocenters. The number of carbonyl (C=O) groups excluding carboxylic acids is 3. The van der Waals surface area contributed by atoms with Crippen molar-refractivity contribution in [2.45, 2.75) is 20.0 Å². The summed E-state index contributed by atoms with van der Waals surface area (Å²) in [6.45, 7) is 2.16. The number of allylic oxidation sites excluding steroid dienone is 2. The number of hydrogen-bond donors (Lipinski definition) is 0. The van der Waals surface area contributed by atoms with E-state index in [1.54, 1.807) is 42.5 Å². The van der Waals surface area contributed by atoms with Crippen LogP contribution in [0.2, 0.25) is 5.02 Å². The van der Waals surface area contributed by atoms with Crippen molar-refractivity contribution in [1.29, 1.82) is 0 Å². The summed E-state index contributed by atoms with van der Waals surface area (Å²) in [4.78, 5) is 39.6. The van der Waals surface area contributed by atoms with Gasteiger partial charge in [-0.2, -0.15) is 0 Å². The quantitative estimate of drug-likeness (QED) is 0.417. The molecule has 6 heteroatoms. The predicted octanol–water partition coefficient (Wildman–Crippen LogP) is 4.40. The SMILES string of the molecule is CC1=C[C@@H]2C[C@@H]1[C@H]1C(=O)N(c3ccc(C(=O)OCc4cccc(Cl)c4)cc3)C(=O)[C@@H]12. The molecule has 0 radical (unpaired) electrons. The van der Waals surface area contributed by atoms with Crippen molar-refractivity contribution in [2.75, 3.05) is 4.90 Å². The van der Waals surface area contributed by atoms with Crippen LogP contribution in [0.25, 0.3) is 0 Å². The van der Waals surface area contributed by atoms with Crippen molar-refractivity contribution in [3.05, 3.63) is 76.3 Å². The Kier molecular flexibility index (Phi) is 4.51. The first-order valence-electron chi connectivity index (χ1n) is 10.0. The lowest BCUT2D eigenvalue weighted by atomic mass is 9.82. The summed E-state index contributed by atoms with van der Waals surface area (Å²) in [7, 11) is 0. The topological polar surface area (TPSA) is 63.7 Å². The van der Waals surface area contributed by atoms with Crippen molar-refractivity contribution in [2.24, 2.45) is 23.7 Å². The molecule has 1 heterocycles. The highest BCUT2D eigenvalue weighted by Crippen LogP contribution is 2.55. The maximum Gasteiger partial charge on any atom is 0.338 e. The molecule has 2 amide bonds. The molecule has 1 saturated heterocycles. The minimum Gasteiger partial charge on any atom is -0.457 e. The molecule has 5 rings (SSSR count). The monoisotopic (exact) mass is 421 g/mol. The number of imide groups is 1. The maximum absolute atomic E-state index is 13.0. The van der Waals surface area contributed by atoms with Gasteiger partial charge < -0.3 is 4.74 Å². The summed E-state index contributed by atoms with van der Waals surface area (Å²) >= 11 is 5.94. The van der Waals surface area contributed by atoms with Crippen LogP contribution in [0.15, 0.2) is 60.2 Å². The lowest BCUT2D eigenvalue weighted by Gasteiger charge is -2.19. The van der Waals surface area contributed by atoms with Gasteiger partial charge in [0.15, 0.2) is 0 Å². The van der Waals surface area contributed by atoms with Crippen LogP contribution in [0.1, 0.15) is 29.3 Å². The largest absolute Gasteiger partial charge is 0.457 e. The second-order valence-corrected chi connectivity index (χ2v) is 8.67. The number of carbonyl (C=O) groups is 3. The average molecular weight is 422 g/mol. The van der Waals surface area contributed by atoms with Crippen molar-refractivity contribution >= 4 is 35.1 Å². The summed E-state index contributed by atoms with van der Waals surface area (Å²) in [6, 6.07) is 13.6. The van der Waals surface area contributed by atoms with E-state index in [2.05, 4.69) is 6.08 Å². The molecule has 2 aromatic carbocycles. The van der Waals surface area contributed by atoms with Gasteiger partial charge in [-0.15, -0.1) is 0 Å². The molecular formula is C24H20ClNO4. The van der Waals surface area contributed by atoms with Gasteiger partial charge in [-0.05, 0) is 67.1 Å². The normalized spacial score (nSPS) is 26.7. The Labute approximate surface area is 179 Å². The Balaban J connectivity index is 1.29. The third-order valence-corrected chi connectivity index (χ3v) is 6.74. The average Bonchev–Trinajstić information content (AvgIpc) is 3.37. The molecule has 2 bridgehead atoms. The first-order valence-corrected chi connectivity index (χ1v) is 10.4. The van der Waals surface area contributed by atoms with Gasteiger partial charge in [-0.1, -0.05) is 35.4 Å². The molecule has 2 aliphatic carbocycles. The van der Waals surface area contributed by atoms with E-state index in [9.17, 15) is 14.4 Å². The molecule has 0 N–H and O–H groups in total. The number of fused-ring (bicyclic) bond motifs is 5. The van der Waals surface area contributed by atoms with Gasteiger partial charge in [0.2, 0.25) is 11.8 Å². The third kappa shape index (κ3) is 2.96. The van der Waals surface area contributed by atoms with E-state index in [0.717, 1.165) is 12.0 Å². The first-order chi connectivity index (χ1) is 14.4. The summed E-state index contributed by atoms with van der Waals surface area (Å²) < 4.78 is 5.33. The van der Waals surface area contributed by atoms with Gasteiger partial charge in [0.05, 0.1) is 23.1 Å². The molecule has 5 nitrogen and oxygen atoms in total. The highest BCUT2D eigenvalue weighted by molar-refractivity contribution is 6.30. The zero-order chi connectivity index (χ0) is 21.0. The van der Waals surface area contributed by atoms with Gasteiger partial charge in [0.1, 0.15) is 6.61 Å². The van der Waals surface area contributed by atoms with Crippen LogP contribution >= 0.6 is 11.6 Å². The van der Waals surface area contributed by atoms with Crippen LogP contribution in [0.5, 0.6) is 0 Å². The summed E-state index contributed by atoms with van der Waals surface area (Å²) in [5.41, 5.74) is 2.88. The van der Waals surface area contributed by atoms with E-state index in [1.165, 1.54) is 10.5 Å². The Morgan fingerprint density at radius 1 is 1.10 bits per heavy atom. The molecule has 0 spiro atoms. The van der Waals surface area contributed by atoms with Crippen molar-refractivity contribution in [1.82, 2.24) is 0 Å². The number of halogens is 1. The zero-order valence-electron chi connectivity index (χ0n) is 16.4. The number of nitrogens with zero attached hydrogens (tertiary/aromatic N) is 1. The molecule has 1 aliphatic heterocycles. The third-order valence-electron chi connectivity index (χ3n) is 6.50. The Hall–Kier alpha value is -2.92. The van der Waals surface area contributed by atoms with Crippen LogP contribution in [-0.2, 0) is 20.9 Å². The fraction of sp³-hybridized carbons (Fsp3) is 0.292. The zero-order valence-corrected chi connectivity index (χ0v) is 17.1. The van der Waals surface area contributed by atoms with Crippen LogP contribution < -0.4 is 4.90 Å². The minimum absolute atomic E-state index is 0.114. The molecule has 4 atom stereocenters. The highest BCUT2D eigenvalue weighted by Gasteiger charge is 2.60. The van der Waals surface area contributed by atoms with Crippen LogP contribution in [0.3, 0.4) is 0 Å². The van der Waals surface area contributed by atoms with Crippen molar-refractivity contribution in [3.63, 3.8) is 0 Å². The van der Waals surface area contributed by atoms with Gasteiger partial charge in [-0.3, -0.25) is 14.5 Å². The standard InChI is InChI=1S/C24H20ClNO4/c1-13-9-16-11-19(13)21-20(16)22(27)26(23(21)28)18-7-5-15(6-8-18)24(29)30-12-14-3-2-4-17(25)10-14/h2-10,16,19-21H,11-12H2,1H3/t16-,19+,20-,21-/m1/s1. The smallest absolute Gasteiger partial charge is 0.338 e. The molecule has 30 heavy (non-hydrogen) atoms. The molecule has 2 aromatic rings. The van der Waals surface area contributed by atoms with Crippen molar-refractivity contribution < 1.29 is 19.1 Å². The fourth-order valence-electron chi connectivity index (χ4n) is 5.13. The molecule has 1 saturated carbocycles. The predicted molar refractivity (Wildman–Crippen MR) is 112 cm³/mol. The van der Waals surface area contributed by atoms with E-state index in [4.69, 9.17) is 16.3 Å². The summed E-state index contributed by atoms with van der Waals surface area (Å²) in [5, 5.41) is 0.580. The maximum atomic E-state index is 13.0. The van der Waals surface area contributed by atoms with Crippen LogP contribution in [0, 0.1) is 23.7 Å². The number of anilines is 1. The Morgan fingerprint density at radius 3 is 2.57 bits per heavy atom. The van der Waals surface area contributed by atoms with Crippen LogP contribution in [0.4, 0.5) is 5.69 Å². The number of hydrogen-bond acceptors (Lipinski definition) is 4. The lowest BCUT2D eigenvalue weighted by Crippen LogP contribution is -2.32. The van der Waals surface area contributed by atoms with Gasteiger partial charge in [-0.25, -0.2) is 4.79 Å². The van der Waals surface area contributed by atoms with E-state index < -0.39 is 5.97 Å². The summed E-state index contributed by atoms with van der Waals surface area (Å²) in [6.07, 6.45) is 3.06. The van der Waals surface area contributed by atoms with Gasteiger partial charge in [0, 0.05) is 5.02 Å². The number of rotatable bonds is 4. The van der Waals surface area contributed by atoms with Gasteiger partial charge >= 0.3 is 5.97 Å². The van der Waals surface area contributed by atoms with Gasteiger partial charge in [0.25, 0.3) is 0 Å². The van der Waals surface area contributed by atoms with Crippen molar-refractivity contribution in [3.8, 4) is 0 Å². The van der Waals surface area contributed by atoms with E-state index in [0.29, 0.717) is 16.3 Å². The minimum atomic E-state index is -0.477. The molecule has 2 fully saturated rings. The molecular weight excluding hydrogens is 402 g/mol. The van der Waals surface area contributed by atoms with Crippen LogP contribution in [-0.4, -0.2) is 17.8 Å². The second-order valence-electron chi connectivity index (χ2n) is 8.23. The molecule has 3 aliphatic rings.